The molecule has 1 aliphatic carbocycles. The molecule has 0 saturated heterocycles. The number of ether oxygens (including phenoxy) is 1. The summed E-state index contributed by atoms with van der Waals surface area (Å²) in [5.74, 6) is 0.619. The maximum absolute atomic E-state index is 11.6. The Labute approximate surface area is 116 Å². The summed E-state index contributed by atoms with van der Waals surface area (Å²) in [7, 11) is 0. The summed E-state index contributed by atoms with van der Waals surface area (Å²) in [6.07, 6.45) is 1.13. The summed E-state index contributed by atoms with van der Waals surface area (Å²) >= 11 is 0. The van der Waals surface area contributed by atoms with E-state index in [1.165, 1.54) is 0 Å². The summed E-state index contributed by atoms with van der Waals surface area (Å²) in [5, 5.41) is 11.6. The van der Waals surface area contributed by atoms with Crippen LogP contribution in [0, 0.1) is 11.8 Å². The third-order valence-electron chi connectivity index (χ3n) is 3.09. The molecule has 2 unspecified atom stereocenters. The largest absolute Gasteiger partial charge is 0.463 e. The third kappa shape index (κ3) is 3.94. The molecule has 0 spiro atoms. The number of H-pyrrole nitrogens is 1. The molecule has 8 nitrogen and oxygen atoms in total. The van der Waals surface area contributed by atoms with Crippen LogP contribution in [0.2, 0.25) is 0 Å². The number of rotatable bonds is 7. The number of aromatic amines is 1. The Bertz CT molecular complexity index is 487. The molecule has 110 valence electrons. The van der Waals surface area contributed by atoms with Gasteiger partial charge in [-0.05, 0) is 19.3 Å². The molecule has 1 saturated carbocycles. The van der Waals surface area contributed by atoms with E-state index in [4.69, 9.17) is 4.74 Å². The van der Waals surface area contributed by atoms with Crippen LogP contribution in [0.1, 0.15) is 26.7 Å². The van der Waals surface area contributed by atoms with Crippen LogP contribution in [0.15, 0.2) is 0 Å². The zero-order chi connectivity index (χ0) is 14.5. The van der Waals surface area contributed by atoms with E-state index in [1.807, 2.05) is 13.8 Å². The number of hydrogen-bond acceptors (Lipinski definition) is 5. The zero-order valence-corrected chi connectivity index (χ0v) is 11.6. The topological polar surface area (TPSA) is 109 Å². The maximum atomic E-state index is 11.6. The number of amides is 2. The molecular weight excluding hydrogens is 262 g/mol. The first kappa shape index (κ1) is 14.3. The molecule has 20 heavy (non-hydrogen) atoms. The summed E-state index contributed by atoms with van der Waals surface area (Å²) in [6.45, 7) is 4.63. The fraction of sp³-hybridized carbons (Fsp3) is 0.667. The van der Waals surface area contributed by atoms with Crippen molar-refractivity contribution in [1.29, 1.82) is 0 Å². The van der Waals surface area contributed by atoms with Gasteiger partial charge in [0.1, 0.15) is 0 Å². The van der Waals surface area contributed by atoms with Gasteiger partial charge in [-0.15, -0.1) is 5.10 Å². The van der Waals surface area contributed by atoms with Crippen LogP contribution in [0.5, 0.6) is 6.01 Å². The van der Waals surface area contributed by atoms with Crippen LogP contribution in [0.4, 0.5) is 5.95 Å². The van der Waals surface area contributed by atoms with Crippen molar-refractivity contribution in [2.45, 2.75) is 26.7 Å². The Morgan fingerprint density at radius 2 is 2.25 bits per heavy atom. The highest BCUT2D eigenvalue weighted by Gasteiger charge is 2.38. The number of carbonyl (C=O) groups is 2. The van der Waals surface area contributed by atoms with Crippen molar-refractivity contribution in [2.24, 2.45) is 11.8 Å². The Hall–Kier alpha value is -2.12. The van der Waals surface area contributed by atoms with Gasteiger partial charge in [-0.3, -0.25) is 14.9 Å². The quantitative estimate of drug-likeness (QED) is 0.666. The van der Waals surface area contributed by atoms with Gasteiger partial charge in [0.25, 0.3) is 0 Å². The van der Waals surface area contributed by atoms with Gasteiger partial charge in [0, 0.05) is 18.9 Å². The van der Waals surface area contributed by atoms with Gasteiger partial charge in [-0.25, -0.2) is 5.10 Å². The van der Waals surface area contributed by atoms with Gasteiger partial charge in [0.05, 0.1) is 6.61 Å². The van der Waals surface area contributed by atoms with Crippen molar-refractivity contribution in [1.82, 2.24) is 20.5 Å². The first-order valence-electron chi connectivity index (χ1n) is 6.73. The maximum Gasteiger partial charge on any atom is 0.337 e. The van der Waals surface area contributed by atoms with E-state index < -0.39 is 0 Å². The fourth-order valence-corrected chi connectivity index (χ4v) is 1.81. The van der Waals surface area contributed by atoms with Crippen molar-refractivity contribution in [3.63, 3.8) is 0 Å². The lowest BCUT2D eigenvalue weighted by Gasteiger charge is -2.04. The number of nitrogens with one attached hydrogen (secondary N) is 3. The van der Waals surface area contributed by atoms with E-state index >= 15 is 0 Å². The smallest absolute Gasteiger partial charge is 0.337 e. The second-order valence-corrected chi connectivity index (χ2v) is 4.81. The lowest BCUT2D eigenvalue weighted by atomic mass is 10.3. The van der Waals surface area contributed by atoms with Crippen LogP contribution < -0.4 is 15.4 Å². The van der Waals surface area contributed by atoms with Gasteiger partial charge >= 0.3 is 6.01 Å². The van der Waals surface area contributed by atoms with Gasteiger partial charge in [-0.1, -0.05) is 6.92 Å². The van der Waals surface area contributed by atoms with Gasteiger partial charge in [0.15, 0.2) is 0 Å². The summed E-state index contributed by atoms with van der Waals surface area (Å²) in [5.41, 5.74) is 0. The van der Waals surface area contributed by atoms with Gasteiger partial charge in [-0.2, -0.15) is 4.98 Å². The highest BCUT2D eigenvalue weighted by molar-refractivity contribution is 5.89. The molecular formula is C12H19N5O3. The molecule has 1 fully saturated rings. The highest BCUT2D eigenvalue weighted by Crippen LogP contribution is 2.37. The molecule has 1 aliphatic rings. The normalized spacial score (nSPS) is 20.3. The monoisotopic (exact) mass is 281 g/mol. The Kier molecular flexibility index (Phi) is 4.54. The van der Waals surface area contributed by atoms with Crippen LogP contribution in [-0.2, 0) is 9.59 Å². The lowest BCUT2D eigenvalue weighted by Crippen LogP contribution is -2.29. The predicted octanol–water partition coefficient (Wildman–Crippen LogP) is 0.304. The summed E-state index contributed by atoms with van der Waals surface area (Å²) in [4.78, 5) is 27.1. The highest BCUT2D eigenvalue weighted by atomic mass is 16.5. The predicted molar refractivity (Wildman–Crippen MR) is 71.1 cm³/mol. The Morgan fingerprint density at radius 3 is 2.90 bits per heavy atom. The second-order valence-electron chi connectivity index (χ2n) is 4.81. The third-order valence-corrected chi connectivity index (χ3v) is 3.09. The Morgan fingerprint density at radius 1 is 1.50 bits per heavy atom. The number of nitrogens with zero attached hydrogens (tertiary/aromatic N) is 2. The summed E-state index contributed by atoms with van der Waals surface area (Å²) in [6, 6.07) is 0.193. The molecule has 2 rings (SSSR count). The van der Waals surface area contributed by atoms with E-state index in [1.54, 1.807) is 0 Å². The van der Waals surface area contributed by atoms with E-state index in [2.05, 4.69) is 25.8 Å². The zero-order valence-electron chi connectivity index (χ0n) is 11.6. The molecule has 2 amide bonds. The molecule has 2 atom stereocenters. The van der Waals surface area contributed by atoms with Crippen molar-refractivity contribution < 1.29 is 14.3 Å². The summed E-state index contributed by atoms with van der Waals surface area (Å²) < 4.78 is 5.06. The molecule has 1 aromatic rings. The van der Waals surface area contributed by atoms with Crippen LogP contribution in [-0.4, -0.2) is 40.1 Å². The minimum atomic E-state index is -0.242. The fourth-order valence-electron chi connectivity index (χ4n) is 1.81. The van der Waals surface area contributed by atoms with Gasteiger partial charge < -0.3 is 10.1 Å². The van der Waals surface area contributed by atoms with E-state index in [0.29, 0.717) is 19.1 Å². The number of carbonyl (C=O) groups excluding carboxylic acids is 2. The molecule has 1 aromatic heterocycles. The molecule has 0 bridgehead atoms. The second kappa shape index (κ2) is 6.36. The van der Waals surface area contributed by atoms with Crippen LogP contribution >= 0.6 is 0 Å². The number of anilines is 1. The van der Waals surface area contributed by atoms with Crippen molar-refractivity contribution in [2.75, 3.05) is 18.5 Å². The number of hydrogen-bond donors (Lipinski definition) is 3. The van der Waals surface area contributed by atoms with E-state index in [0.717, 1.165) is 6.42 Å². The van der Waals surface area contributed by atoms with Crippen molar-refractivity contribution in [3.8, 4) is 6.01 Å². The van der Waals surface area contributed by atoms with E-state index in [9.17, 15) is 9.59 Å². The molecule has 1 heterocycles. The Balaban J connectivity index is 1.65. The molecule has 3 N–H and O–H groups in total. The lowest BCUT2D eigenvalue weighted by molar-refractivity contribution is -0.122. The van der Waals surface area contributed by atoms with Crippen molar-refractivity contribution in [3.05, 3.63) is 0 Å². The molecule has 0 aromatic carbocycles. The van der Waals surface area contributed by atoms with Crippen molar-refractivity contribution >= 4 is 17.8 Å². The van der Waals surface area contributed by atoms with Crippen LogP contribution in [0.25, 0.3) is 0 Å². The average Bonchev–Trinajstić information content (AvgIpc) is 2.97. The SMILES string of the molecule is CCOc1n[nH]c(NC(=O)CCNC(=O)C2CC2C)n1. The van der Waals surface area contributed by atoms with E-state index in [-0.39, 0.29) is 36.1 Å². The number of aromatic nitrogens is 3. The molecule has 0 aliphatic heterocycles. The first-order valence-corrected chi connectivity index (χ1v) is 6.73. The first-order chi connectivity index (χ1) is 9.60. The standard InChI is InChI=1S/C12H19N5O3/c1-3-20-12-15-11(16-17-12)14-9(18)4-5-13-10(19)8-6-7(8)2/h7-8H,3-6H2,1-2H3,(H,13,19)(H2,14,15,16,17,18). The minimum absolute atomic E-state index is 0.0311. The molecule has 0 radical (unpaired) electrons. The molecule has 8 heteroatoms. The average molecular weight is 281 g/mol. The van der Waals surface area contributed by atoms with Crippen LogP contribution in [0.3, 0.4) is 0 Å². The van der Waals surface area contributed by atoms with Gasteiger partial charge in [0.2, 0.25) is 17.8 Å². The minimum Gasteiger partial charge on any atom is -0.463 e.